The highest BCUT2D eigenvalue weighted by Gasteiger charge is 2.33. The van der Waals surface area contributed by atoms with Crippen LogP contribution in [0.1, 0.15) is 30.1 Å². The average Bonchev–Trinajstić information content (AvgIpc) is 2.91. The van der Waals surface area contributed by atoms with Crippen molar-refractivity contribution in [3.05, 3.63) is 35.9 Å². The molecule has 1 saturated heterocycles. The predicted molar refractivity (Wildman–Crippen MR) is 87.8 cm³/mol. The van der Waals surface area contributed by atoms with Crippen molar-refractivity contribution in [3.8, 4) is 0 Å². The highest BCUT2D eigenvalue weighted by molar-refractivity contribution is 7.91. The molecule has 0 radical (unpaired) electrons. The van der Waals surface area contributed by atoms with E-state index in [0.717, 1.165) is 0 Å². The summed E-state index contributed by atoms with van der Waals surface area (Å²) in [6.07, 6.45) is 0.796. The topological polar surface area (TPSA) is 83.6 Å². The quantitative estimate of drug-likeness (QED) is 0.833. The first-order chi connectivity index (χ1) is 10.9. The molecular weight excluding hydrogens is 316 g/mol. The monoisotopic (exact) mass is 338 g/mol. The Morgan fingerprint density at radius 2 is 1.96 bits per heavy atom. The lowest BCUT2D eigenvalue weighted by Crippen LogP contribution is -2.45. The standard InChI is InChI=1S/C16H22N2O4S/c1-2-15(19)18(14-8-11-23(21,22)12-14)10-9-17-16(20)13-6-4-3-5-7-13/h3-7,14H,2,8-12H2,1H3,(H,17,20). The van der Waals surface area contributed by atoms with Gasteiger partial charge in [-0.05, 0) is 18.6 Å². The molecule has 1 aliphatic rings. The molecule has 0 spiro atoms. The van der Waals surface area contributed by atoms with Crippen LogP contribution in [-0.2, 0) is 14.6 Å². The minimum Gasteiger partial charge on any atom is -0.350 e. The normalized spacial score (nSPS) is 19.3. The van der Waals surface area contributed by atoms with Crippen molar-refractivity contribution in [1.29, 1.82) is 0 Å². The van der Waals surface area contributed by atoms with E-state index < -0.39 is 9.84 Å². The van der Waals surface area contributed by atoms with Gasteiger partial charge in [0.15, 0.2) is 9.84 Å². The molecule has 1 fully saturated rings. The zero-order chi connectivity index (χ0) is 16.9. The van der Waals surface area contributed by atoms with E-state index in [1.54, 1.807) is 36.1 Å². The number of hydrogen-bond acceptors (Lipinski definition) is 4. The van der Waals surface area contributed by atoms with Crippen molar-refractivity contribution in [2.45, 2.75) is 25.8 Å². The van der Waals surface area contributed by atoms with Crippen LogP contribution in [0.25, 0.3) is 0 Å². The van der Waals surface area contributed by atoms with E-state index in [1.807, 2.05) is 6.07 Å². The molecule has 1 unspecified atom stereocenters. The first kappa shape index (κ1) is 17.5. The zero-order valence-electron chi connectivity index (χ0n) is 13.2. The van der Waals surface area contributed by atoms with E-state index in [-0.39, 0.29) is 29.4 Å². The number of hydrogen-bond donors (Lipinski definition) is 1. The molecule has 1 aromatic rings. The van der Waals surface area contributed by atoms with Crippen LogP contribution in [0, 0.1) is 0 Å². The van der Waals surface area contributed by atoms with Crippen molar-refractivity contribution >= 4 is 21.7 Å². The number of benzene rings is 1. The third-order valence-electron chi connectivity index (χ3n) is 3.95. The maximum atomic E-state index is 12.1. The Bertz CT molecular complexity index is 658. The first-order valence-electron chi connectivity index (χ1n) is 7.76. The summed E-state index contributed by atoms with van der Waals surface area (Å²) in [5, 5.41) is 2.77. The van der Waals surface area contributed by atoms with Gasteiger partial charge in [-0.2, -0.15) is 0 Å². The van der Waals surface area contributed by atoms with Gasteiger partial charge in [0.1, 0.15) is 0 Å². The Morgan fingerprint density at radius 3 is 2.52 bits per heavy atom. The van der Waals surface area contributed by atoms with Gasteiger partial charge in [0.05, 0.1) is 11.5 Å². The molecule has 1 aromatic carbocycles. The highest BCUT2D eigenvalue weighted by Crippen LogP contribution is 2.18. The van der Waals surface area contributed by atoms with Crippen LogP contribution < -0.4 is 5.32 Å². The molecule has 23 heavy (non-hydrogen) atoms. The molecule has 2 amide bonds. The summed E-state index contributed by atoms with van der Waals surface area (Å²) in [5.41, 5.74) is 0.560. The van der Waals surface area contributed by atoms with Crippen LogP contribution in [0.2, 0.25) is 0 Å². The lowest BCUT2D eigenvalue weighted by molar-refractivity contribution is -0.132. The van der Waals surface area contributed by atoms with Crippen LogP contribution >= 0.6 is 0 Å². The van der Waals surface area contributed by atoms with E-state index >= 15 is 0 Å². The summed E-state index contributed by atoms with van der Waals surface area (Å²) in [6.45, 7) is 2.38. The maximum absolute atomic E-state index is 12.1. The molecule has 1 aliphatic heterocycles. The fraction of sp³-hybridized carbons (Fsp3) is 0.500. The molecule has 0 aliphatic carbocycles. The minimum absolute atomic E-state index is 0.0192. The summed E-state index contributed by atoms with van der Waals surface area (Å²) < 4.78 is 23.2. The SMILES string of the molecule is CCC(=O)N(CCNC(=O)c1ccccc1)C1CCS(=O)(=O)C1. The maximum Gasteiger partial charge on any atom is 0.251 e. The first-order valence-corrected chi connectivity index (χ1v) is 9.58. The van der Waals surface area contributed by atoms with Gasteiger partial charge < -0.3 is 10.2 Å². The van der Waals surface area contributed by atoms with E-state index in [9.17, 15) is 18.0 Å². The van der Waals surface area contributed by atoms with Crippen molar-refractivity contribution in [2.75, 3.05) is 24.6 Å². The van der Waals surface area contributed by atoms with Crippen molar-refractivity contribution in [3.63, 3.8) is 0 Å². The molecule has 1 atom stereocenters. The van der Waals surface area contributed by atoms with E-state index in [4.69, 9.17) is 0 Å². The number of nitrogens with one attached hydrogen (secondary N) is 1. The van der Waals surface area contributed by atoms with Gasteiger partial charge in [-0.1, -0.05) is 25.1 Å². The van der Waals surface area contributed by atoms with Gasteiger partial charge in [-0.15, -0.1) is 0 Å². The molecule has 0 aromatic heterocycles. The van der Waals surface area contributed by atoms with Gasteiger partial charge in [0.2, 0.25) is 5.91 Å². The van der Waals surface area contributed by atoms with Crippen LogP contribution in [0.4, 0.5) is 0 Å². The van der Waals surface area contributed by atoms with Crippen molar-refractivity contribution < 1.29 is 18.0 Å². The molecule has 6 nitrogen and oxygen atoms in total. The average molecular weight is 338 g/mol. The van der Waals surface area contributed by atoms with Crippen LogP contribution in [0.5, 0.6) is 0 Å². The van der Waals surface area contributed by atoms with Crippen LogP contribution in [0.15, 0.2) is 30.3 Å². The fourth-order valence-electron chi connectivity index (χ4n) is 2.72. The second-order valence-corrected chi connectivity index (χ2v) is 7.85. The van der Waals surface area contributed by atoms with Gasteiger partial charge in [-0.3, -0.25) is 9.59 Å². The summed E-state index contributed by atoms with van der Waals surface area (Å²) in [7, 11) is -3.05. The summed E-state index contributed by atoms with van der Waals surface area (Å²) in [5.74, 6) is -0.137. The van der Waals surface area contributed by atoms with Crippen LogP contribution in [0.3, 0.4) is 0 Å². The van der Waals surface area contributed by atoms with Gasteiger partial charge in [0, 0.05) is 31.1 Å². The number of nitrogens with zero attached hydrogens (tertiary/aromatic N) is 1. The second kappa shape index (κ2) is 7.59. The molecule has 1 N–H and O–H groups in total. The second-order valence-electron chi connectivity index (χ2n) is 5.62. The number of rotatable bonds is 6. The summed E-state index contributed by atoms with van der Waals surface area (Å²) >= 11 is 0. The number of amides is 2. The van der Waals surface area contributed by atoms with Gasteiger partial charge >= 0.3 is 0 Å². The number of sulfone groups is 1. The highest BCUT2D eigenvalue weighted by atomic mass is 32.2. The van der Waals surface area contributed by atoms with E-state index in [1.165, 1.54) is 0 Å². The molecule has 2 rings (SSSR count). The summed E-state index contributed by atoms with van der Waals surface area (Å²) in [6, 6.07) is 8.55. The lowest BCUT2D eigenvalue weighted by atomic mass is 10.2. The zero-order valence-corrected chi connectivity index (χ0v) is 14.0. The van der Waals surface area contributed by atoms with Crippen molar-refractivity contribution in [1.82, 2.24) is 10.2 Å². The molecule has 1 heterocycles. The molecular formula is C16H22N2O4S. The Kier molecular flexibility index (Phi) is 5.76. The number of carbonyl (C=O) groups excluding carboxylic acids is 2. The largest absolute Gasteiger partial charge is 0.350 e. The lowest BCUT2D eigenvalue weighted by Gasteiger charge is -2.28. The third kappa shape index (κ3) is 4.79. The smallest absolute Gasteiger partial charge is 0.251 e. The van der Waals surface area contributed by atoms with E-state index in [0.29, 0.717) is 31.5 Å². The van der Waals surface area contributed by atoms with Gasteiger partial charge in [-0.25, -0.2) is 8.42 Å². The molecule has 7 heteroatoms. The Hall–Kier alpha value is -1.89. The van der Waals surface area contributed by atoms with Gasteiger partial charge in [0.25, 0.3) is 5.91 Å². The summed E-state index contributed by atoms with van der Waals surface area (Å²) in [4.78, 5) is 25.6. The molecule has 126 valence electrons. The van der Waals surface area contributed by atoms with Crippen LogP contribution in [-0.4, -0.2) is 55.8 Å². The minimum atomic E-state index is -3.05. The predicted octanol–water partition coefficient (Wildman–Crippen LogP) is 0.842. The Morgan fingerprint density at radius 1 is 1.26 bits per heavy atom. The Labute approximate surface area is 136 Å². The van der Waals surface area contributed by atoms with Crippen molar-refractivity contribution in [2.24, 2.45) is 0 Å². The Balaban J connectivity index is 1.92. The molecule has 0 bridgehead atoms. The van der Waals surface area contributed by atoms with E-state index in [2.05, 4.69) is 5.32 Å². The third-order valence-corrected chi connectivity index (χ3v) is 5.70. The fourth-order valence-corrected chi connectivity index (χ4v) is 4.45. The molecule has 0 saturated carbocycles. The number of carbonyl (C=O) groups is 2.